The molecule has 1 amide bonds. The molecule has 3 N–H and O–H groups in total. The number of ether oxygens (including phenoxy) is 1. The third kappa shape index (κ3) is 4.70. The number of benzene rings is 3. The number of sulfonamides is 1. The smallest absolute Gasteiger partial charge is 0.261 e. The number of methoxy groups -OCH3 is 1. The number of aromatic nitrogens is 1. The molecule has 31 heavy (non-hydrogen) atoms. The Morgan fingerprint density at radius 3 is 2.52 bits per heavy atom. The molecule has 0 fully saturated rings. The van der Waals surface area contributed by atoms with Gasteiger partial charge < -0.3 is 15.0 Å². The molecule has 0 atom stereocenters. The van der Waals surface area contributed by atoms with Crippen molar-refractivity contribution in [3.05, 3.63) is 84.6 Å². The molecular formula is C23H21N3O4S. The largest absolute Gasteiger partial charge is 0.497 e. The summed E-state index contributed by atoms with van der Waals surface area (Å²) in [5, 5.41) is 3.76. The third-order valence-electron chi connectivity index (χ3n) is 4.80. The summed E-state index contributed by atoms with van der Waals surface area (Å²) in [7, 11) is -2.28. The lowest BCUT2D eigenvalue weighted by atomic mass is 10.1. The Balaban J connectivity index is 1.47. The Kier molecular flexibility index (Phi) is 5.64. The molecule has 0 saturated carbocycles. The van der Waals surface area contributed by atoms with E-state index in [9.17, 15) is 13.2 Å². The van der Waals surface area contributed by atoms with Crippen LogP contribution in [0.3, 0.4) is 0 Å². The van der Waals surface area contributed by atoms with Crippen molar-refractivity contribution in [3.8, 4) is 5.75 Å². The predicted octanol–water partition coefficient (Wildman–Crippen LogP) is 4.16. The maximum atomic E-state index is 12.7. The Morgan fingerprint density at radius 2 is 1.74 bits per heavy atom. The van der Waals surface area contributed by atoms with E-state index < -0.39 is 10.0 Å². The highest BCUT2D eigenvalue weighted by atomic mass is 32.2. The number of amides is 1. The molecule has 0 aliphatic heterocycles. The van der Waals surface area contributed by atoms with E-state index in [0.717, 1.165) is 16.5 Å². The summed E-state index contributed by atoms with van der Waals surface area (Å²) in [5.41, 5.74) is 2.65. The first-order chi connectivity index (χ1) is 14.9. The highest BCUT2D eigenvalue weighted by molar-refractivity contribution is 7.92. The van der Waals surface area contributed by atoms with Gasteiger partial charge in [0.1, 0.15) is 5.75 Å². The molecular weight excluding hydrogens is 414 g/mol. The van der Waals surface area contributed by atoms with Crippen LogP contribution in [-0.2, 0) is 21.2 Å². The van der Waals surface area contributed by atoms with E-state index in [1.807, 2.05) is 30.5 Å². The molecule has 1 aromatic heterocycles. The fourth-order valence-corrected chi connectivity index (χ4v) is 4.37. The number of carbonyl (C=O) groups is 1. The van der Waals surface area contributed by atoms with Gasteiger partial charge in [-0.3, -0.25) is 9.52 Å². The average molecular weight is 436 g/mol. The lowest BCUT2D eigenvalue weighted by molar-refractivity contribution is -0.115. The van der Waals surface area contributed by atoms with Crippen LogP contribution in [0.15, 0.2) is 83.9 Å². The van der Waals surface area contributed by atoms with Crippen LogP contribution in [0.25, 0.3) is 10.9 Å². The molecule has 3 aromatic carbocycles. The first kappa shape index (κ1) is 20.5. The van der Waals surface area contributed by atoms with Crippen molar-refractivity contribution < 1.29 is 17.9 Å². The van der Waals surface area contributed by atoms with Crippen LogP contribution in [0.1, 0.15) is 5.56 Å². The van der Waals surface area contributed by atoms with Crippen molar-refractivity contribution in [2.75, 3.05) is 17.1 Å². The summed E-state index contributed by atoms with van der Waals surface area (Å²) in [4.78, 5) is 15.7. The topological polar surface area (TPSA) is 100 Å². The van der Waals surface area contributed by atoms with Gasteiger partial charge in [0.25, 0.3) is 10.0 Å². The first-order valence-electron chi connectivity index (χ1n) is 9.56. The predicted molar refractivity (Wildman–Crippen MR) is 121 cm³/mol. The SMILES string of the molecule is COc1ccc(NS(=O)(=O)c2cccc(NC(=O)Cc3c[nH]c4ccccc34)c2)cc1. The summed E-state index contributed by atoms with van der Waals surface area (Å²) in [6, 6.07) is 20.4. The molecule has 0 unspecified atom stereocenters. The second kappa shape index (κ2) is 8.53. The van der Waals surface area contributed by atoms with E-state index >= 15 is 0 Å². The molecule has 0 saturated heterocycles. The molecule has 0 aliphatic rings. The number of nitrogens with one attached hydrogen (secondary N) is 3. The van der Waals surface area contributed by atoms with E-state index in [-0.39, 0.29) is 17.2 Å². The Hall–Kier alpha value is -3.78. The standard InChI is InChI=1S/C23H21N3O4S/c1-30-19-11-9-17(10-12-19)26-31(28,29)20-6-4-5-18(14-20)25-23(27)13-16-15-24-22-8-3-2-7-21(16)22/h2-12,14-15,24,26H,13H2,1H3,(H,25,27). The maximum Gasteiger partial charge on any atom is 0.261 e. The third-order valence-corrected chi connectivity index (χ3v) is 6.18. The molecule has 0 bridgehead atoms. The number of H-pyrrole nitrogens is 1. The molecule has 0 aliphatic carbocycles. The average Bonchev–Trinajstić information content (AvgIpc) is 3.17. The Bertz CT molecular complexity index is 1330. The van der Waals surface area contributed by atoms with Crippen LogP contribution in [0.2, 0.25) is 0 Å². The Morgan fingerprint density at radius 1 is 0.968 bits per heavy atom. The number of aromatic amines is 1. The second-order valence-electron chi connectivity index (χ2n) is 6.95. The molecule has 0 spiro atoms. The van der Waals surface area contributed by atoms with Gasteiger partial charge in [-0.1, -0.05) is 24.3 Å². The number of para-hydroxylation sites is 1. The molecule has 1 heterocycles. The number of fused-ring (bicyclic) bond motifs is 1. The van der Waals surface area contributed by atoms with Crippen molar-refractivity contribution in [1.82, 2.24) is 4.98 Å². The normalized spacial score (nSPS) is 11.3. The van der Waals surface area contributed by atoms with Gasteiger partial charge >= 0.3 is 0 Å². The van der Waals surface area contributed by atoms with E-state index in [1.54, 1.807) is 36.4 Å². The van der Waals surface area contributed by atoms with Crippen LogP contribution in [0.4, 0.5) is 11.4 Å². The minimum Gasteiger partial charge on any atom is -0.497 e. The minimum atomic E-state index is -3.82. The first-order valence-corrected chi connectivity index (χ1v) is 11.0. The zero-order valence-electron chi connectivity index (χ0n) is 16.8. The summed E-state index contributed by atoms with van der Waals surface area (Å²) < 4.78 is 33.1. The Labute approximate surface area is 180 Å². The van der Waals surface area contributed by atoms with Crippen molar-refractivity contribution in [2.45, 2.75) is 11.3 Å². The van der Waals surface area contributed by atoms with Gasteiger partial charge in [0.15, 0.2) is 0 Å². The van der Waals surface area contributed by atoms with Gasteiger partial charge in [-0.05, 0) is 54.1 Å². The monoisotopic (exact) mass is 435 g/mol. The fourth-order valence-electron chi connectivity index (χ4n) is 3.27. The summed E-state index contributed by atoms with van der Waals surface area (Å²) in [5.74, 6) is 0.394. The van der Waals surface area contributed by atoms with Gasteiger partial charge in [0.2, 0.25) is 5.91 Å². The lowest BCUT2D eigenvalue weighted by Gasteiger charge is -2.11. The molecule has 0 radical (unpaired) electrons. The van der Waals surface area contributed by atoms with E-state index in [0.29, 0.717) is 17.1 Å². The molecule has 158 valence electrons. The van der Waals surface area contributed by atoms with Crippen LogP contribution >= 0.6 is 0 Å². The fraction of sp³-hybridized carbons (Fsp3) is 0.0870. The molecule has 4 rings (SSSR count). The van der Waals surface area contributed by atoms with E-state index in [1.165, 1.54) is 19.2 Å². The zero-order valence-corrected chi connectivity index (χ0v) is 17.6. The van der Waals surface area contributed by atoms with Crippen LogP contribution in [0.5, 0.6) is 5.75 Å². The van der Waals surface area contributed by atoms with E-state index in [4.69, 9.17) is 4.74 Å². The van der Waals surface area contributed by atoms with Gasteiger partial charge in [0.05, 0.1) is 18.4 Å². The summed E-state index contributed by atoms with van der Waals surface area (Å²) in [6.45, 7) is 0. The summed E-state index contributed by atoms with van der Waals surface area (Å²) >= 11 is 0. The quantitative estimate of drug-likeness (QED) is 0.406. The number of rotatable bonds is 7. The van der Waals surface area contributed by atoms with Crippen molar-refractivity contribution in [3.63, 3.8) is 0 Å². The highest BCUT2D eigenvalue weighted by Gasteiger charge is 2.16. The summed E-state index contributed by atoms with van der Waals surface area (Å²) in [6.07, 6.45) is 1.98. The number of hydrogen-bond donors (Lipinski definition) is 3. The number of hydrogen-bond acceptors (Lipinski definition) is 4. The van der Waals surface area contributed by atoms with Gasteiger partial charge in [-0.2, -0.15) is 0 Å². The van der Waals surface area contributed by atoms with Gasteiger partial charge in [-0.25, -0.2) is 8.42 Å². The van der Waals surface area contributed by atoms with Crippen molar-refractivity contribution >= 4 is 38.2 Å². The lowest BCUT2D eigenvalue weighted by Crippen LogP contribution is -2.16. The van der Waals surface area contributed by atoms with E-state index in [2.05, 4.69) is 15.0 Å². The number of anilines is 2. The minimum absolute atomic E-state index is 0.0493. The molecule has 4 aromatic rings. The zero-order chi connectivity index (χ0) is 21.8. The van der Waals surface area contributed by atoms with Crippen LogP contribution < -0.4 is 14.8 Å². The molecule has 8 heteroatoms. The molecule has 7 nitrogen and oxygen atoms in total. The van der Waals surface area contributed by atoms with Crippen LogP contribution in [0, 0.1) is 0 Å². The maximum absolute atomic E-state index is 12.7. The van der Waals surface area contributed by atoms with Crippen molar-refractivity contribution in [2.24, 2.45) is 0 Å². The second-order valence-corrected chi connectivity index (χ2v) is 8.63. The van der Waals surface area contributed by atoms with Gasteiger partial charge in [-0.15, -0.1) is 0 Å². The highest BCUT2D eigenvalue weighted by Crippen LogP contribution is 2.22. The van der Waals surface area contributed by atoms with Gasteiger partial charge in [0, 0.05) is 28.5 Å². The van der Waals surface area contributed by atoms with Crippen molar-refractivity contribution in [1.29, 1.82) is 0 Å². The van der Waals surface area contributed by atoms with Crippen LogP contribution in [-0.4, -0.2) is 26.4 Å². The number of carbonyl (C=O) groups excluding carboxylic acids is 1.